The first-order chi connectivity index (χ1) is 12.7. The molecule has 0 aliphatic carbocycles. The minimum Gasteiger partial charge on any atom is -0.354 e. The zero-order valence-corrected chi connectivity index (χ0v) is 14.7. The number of aryl methyl sites for hydroxylation is 2. The van der Waals surface area contributed by atoms with Gasteiger partial charge in [0.2, 0.25) is 5.91 Å². The van der Waals surface area contributed by atoms with Crippen LogP contribution in [-0.4, -0.2) is 31.6 Å². The Morgan fingerprint density at radius 2 is 1.73 bits per heavy atom. The average molecular weight is 347 g/mol. The Kier molecular flexibility index (Phi) is 4.39. The molecule has 2 aromatic carbocycles. The molecule has 0 aliphatic rings. The molecule has 6 heteroatoms. The number of aromatic nitrogens is 4. The molecule has 0 atom stereocenters. The number of amides is 1. The molecule has 132 valence electrons. The molecule has 4 aromatic rings. The van der Waals surface area contributed by atoms with Crippen molar-refractivity contribution in [1.29, 1.82) is 0 Å². The third-order valence-corrected chi connectivity index (χ3v) is 4.61. The number of fused-ring (bicyclic) bond motifs is 2. The summed E-state index contributed by atoms with van der Waals surface area (Å²) in [6, 6.07) is 16.0. The lowest BCUT2D eigenvalue weighted by atomic mass is 10.3. The van der Waals surface area contributed by atoms with E-state index in [1.807, 2.05) is 54.0 Å². The summed E-state index contributed by atoms with van der Waals surface area (Å²) in [7, 11) is 0. The van der Waals surface area contributed by atoms with Crippen molar-refractivity contribution in [3.05, 3.63) is 60.7 Å². The van der Waals surface area contributed by atoms with Crippen LogP contribution < -0.4 is 5.32 Å². The minimum absolute atomic E-state index is 0.0462. The molecular weight excluding hydrogens is 326 g/mol. The van der Waals surface area contributed by atoms with Crippen LogP contribution >= 0.6 is 0 Å². The van der Waals surface area contributed by atoms with E-state index in [1.165, 1.54) is 0 Å². The van der Waals surface area contributed by atoms with Crippen LogP contribution in [-0.2, 0) is 17.9 Å². The summed E-state index contributed by atoms with van der Waals surface area (Å²) in [5, 5.41) is 3.00. The first kappa shape index (κ1) is 16.3. The Bertz CT molecular complexity index is 1060. The van der Waals surface area contributed by atoms with Gasteiger partial charge in [-0.15, -0.1) is 0 Å². The third kappa shape index (κ3) is 3.18. The molecule has 6 nitrogen and oxygen atoms in total. The second kappa shape index (κ2) is 7.00. The van der Waals surface area contributed by atoms with E-state index in [1.54, 1.807) is 6.33 Å². The summed E-state index contributed by atoms with van der Waals surface area (Å²) in [6.07, 6.45) is 2.23. The summed E-state index contributed by atoms with van der Waals surface area (Å²) in [6.45, 7) is 3.92. The molecule has 1 amide bonds. The fourth-order valence-corrected chi connectivity index (χ4v) is 3.28. The molecule has 0 radical (unpaired) electrons. The minimum atomic E-state index is 0.0462. The van der Waals surface area contributed by atoms with Gasteiger partial charge in [-0.2, -0.15) is 0 Å². The highest BCUT2D eigenvalue weighted by Gasteiger charge is 2.08. The van der Waals surface area contributed by atoms with Crippen molar-refractivity contribution in [2.24, 2.45) is 0 Å². The number of carbonyl (C=O) groups is 1. The highest BCUT2D eigenvalue weighted by molar-refractivity contribution is 5.78. The van der Waals surface area contributed by atoms with Crippen LogP contribution in [0.2, 0.25) is 0 Å². The Morgan fingerprint density at radius 1 is 1.00 bits per heavy atom. The number of benzene rings is 2. The molecule has 1 N–H and O–H groups in total. The zero-order valence-electron chi connectivity index (χ0n) is 14.7. The third-order valence-electron chi connectivity index (χ3n) is 4.61. The van der Waals surface area contributed by atoms with Gasteiger partial charge in [-0.1, -0.05) is 24.3 Å². The number of carbonyl (C=O) groups excluding carboxylic acids is 1. The molecule has 0 aliphatic heterocycles. The summed E-state index contributed by atoms with van der Waals surface area (Å²) < 4.78 is 4.15. The van der Waals surface area contributed by atoms with Crippen molar-refractivity contribution >= 4 is 28.0 Å². The average Bonchev–Trinajstić information content (AvgIpc) is 3.21. The maximum atomic E-state index is 12.2. The SMILES string of the molecule is Cc1nc2ccccc2n1CCNC(=O)CCn1cnc2ccccc21. The monoisotopic (exact) mass is 347 g/mol. The summed E-state index contributed by atoms with van der Waals surface area (Å²) >= 11 is 0. The van der Waals surface area contributed by atoms with Crippen molar-refractivity contribution in [2.45, 2.75) is 26.4 Å². The first-order valence-corrected chi connectivity index (χ1v) is 8.81. The van der Waals surface area contributed by atoms with Crippen LogP contribution in [0, 0.1) is 6.92 Å². The van der Waals surface area contributed by atoms with E-state index >= 15 is 0 Å². The van der Waals surface area contributed by atoms with Gasteiger partial charge in [0.1, 0.15) is 5.82 Å². The molecule has 0 saturated heterocycles. The number of imidazole rings is 2. The molecule has 4 rings (SSSR count). The van der Waals surface area contributed by atoms with Gasteiger partial charge >= 0.3 is 0 Å². The second-order valence-electron chi connectivity index (χ2n) is 6.33. The molecule has 0 spiro atoms. The van der Waals surface area contributed by atoms with Crippen LogP contribution in [0.5, 0.6) is 0 Å². The van der Waals surface area contributed by atoms with Gasteiger partial charge in [-0.25, -0.2) is 9.97 Å². The molecule has 2 heterocycles. The van der Waals surface area contributed by atoms with E-state index in [2.05, 4.69) is 25.9 Å². The Hall–Kier alpha value is -3.15. The highest BCUT2D eigenvalue weighted by atomic mass is 16.1. The summed E-state index contributed by atoms with van der Waals surface area (Å²) in [4.78, 5) is 21.1. The largest absolute Gasteiger partial charge is 0.354 e. The van der Waals surface area contributed by atoms with Gasteiger partial charge in [0, 0.05) is 26.1 Å². The van der Waals surface area contributed by atoms with Gasteiger partial charge in [0.15, 0.2) is 0 Å². The van der Waals surface area contributed by atoms with Gasteiger partial charge in [0.25, 0.3) is 0 Å². The summed E-state index contributed by atoms with van der Waals surface area (Å²) in [5.41, 5.74) is 4.10. The maximum Gasteiger partial charge on any atom is 0.221 e. The number of para-hydroxylation sites is 4. The number of rotatable bonds is 6. The van der Waals surface area contributed by atoms with Crippen molar-refractivity contribution in [2.75, 3.05) is 6.54 Å². The Morgan fingerprint density at radius 3 is 2.58 bits per heavy atom. The van der Waals surface area contributed by atoms with Crippen LogP contribution in [0.15, 0.2) is 54.9 Å². The van der Waals surface area contributed by atoms with Gasteiger partial charge in [-0.05, 0) is 31.2 Å². The first-order valence-electron chi connectivity index (χ1n) is 8.81. The molecule has 0 bridgehead atoms. The van der Waals surface area contributed by atoms with E-state index in [-0.39, 0.29) is 5.91 Å². The lowest BCUT2D eigenvalue weighted by Gasteiger charge is -2.09. The van der Waals surface area contributed by atoms with E-state index in [4.69, 9.17) is 0 Å². The summed E-state index contributed by atoms with van der Waals surface area (Å²) in [5.74, 6) is 1.01. The Balaban J connectivity index is 1.32. The van der Waals surface area contributed by atoms with Crippen molar-refractivity contribution < 1.29 is 4.79 Å². The fraction of sp³-hybridized carbons (Fsp3) is 0.250. The molecule has 0 saturated carbocycles. The van der Waals surface area contributed by atoms with Gasteiger partial charge in [0.05, 0.1) is 28.4 Å². The standard InChI is InChI=1S/C20H21N5O/c1-15-23-17-7-3-5-9-19(17)25(15)13-11-21-20(26)10-12-24-14-22-16-6-2-4-8-18(16)24/h2-9,14H,10-13H2,1H3,(H,21,26). The van der Waals surface area contributed by atoms with Crippen LogP contribution in [0.4, 0.5) is 0 Å². The van der Waals surface area contributed by atoms with E-state index in [9.17, 15) is 4.79 Å². The zero-order chi connectivity index (χ0) is 17.9. The van der Waals surface area contributed by atoms with Gasteiger partial charge < -0.3 is 14.5 Å². The van der Waals surface area contributed by atoms with Gasteiger partial charge in [-0.3, -0.25) is 4.79 Å². The fourth-order valence-electron chi connectivity index (χ4n) is 3.28. The number of nitrogens with zero attached hydrogens (tertiary/aromatic N) is 4. The normalized spacial score (nSPS) is 11.3. The molecule has 26 heavy (non-hydrogen) atoms. The lowest BCUT2D eigenvalue weighted by molar-refractivity contribution is -0.121. The van der Waals surface area contributed by atoms with Crippen LogP contribution in [0.1, 0.15) is 12.2 Å². The van der Waals surface area contributed by atoms with E-state index < -0.39 is 0 Å². The molecule has 2 aromatic heterocycles. The predicted molar refractivity (Wildman–Crippen MR) is 102 cm³/mol. The predicted octanol–water partition coefficient (Wildman–Crippen LogP) is 2.90. The molecule has 0 fully saturated rings. The van der Waals surface area contributed by atoms with E-state index in [0.717, 1.165) is 27.9 Å². The lowest BCUT2D eigenvalue weighted by Crippen LogP contribution is -2.28. The maximum absolute atomic E-state index is 12.2. The highest BCUT2D eigenvalue weighted by Crippen LogP contribution is 2.15. The van der Waals surface area contributed by atoms with Crippen molar-refractivity contribution in [1.82, 2.24) is 24.4 Å². The number of hydrogen-bond acceptors (Lipinski definition) is 3. The topological polar surface area (TPSA) is 64.7 Å². The van der Waals surface area contributed by atoms with E-state index in [0.29, 0.717) is 26.1 Å². The number of hydrogen-bond donors (Lipinski definition) is 1. The number of nitrogens with one attached hydrogen (secondary N) is 1. The Labute approximate surface area is 151 Å². The van der Waals surface area contributed by atoms with Crippen molar-refractivity contribution in [3.8, 4) is 0 Å². The molecule has 0 unspecified atom stereocenters. The van der Waals surface area contributed by atoms with Crippen molar-refractivity contribution in [3.63, 3.8) is 0 Å². The smallest absolute Gasteiger partial charge is 0.221 e. The quantitative estimate of drug-likeness (QED) is 0.583. The second-order valence-corrected chi connectivity index (χ2v) is 6.33. The van der Waals surface area contributed by atoms with Crippen LogP contribution in [0.25, 0.3) is 22.1 Å². The molecular formula is C20H21N5O. The van der Waals surface area contributed by atoms with Crippen LogP contribution in [0.3, 0.4) is 0 Å².